The fourth-order valence-corrected chi connectivity index (χ4v) is 4.28. The van der Waals surface area contributed by atoms with Gasteiger partial charge in [0.1, 0.15) is 11.3 Å². The van der Waals surface area contributed by atoms with Gasteiger partial charge >= 0.3 is 0 Å². The zero-order valence-electron chi connectivity index (χ0n) is 17.1. The Morgan fingerprint density at radius 3 is 2.73 bits per heavy atom. The van der Waals surface area contributed by atoms with Crippen molar-refractivity contribution in [2.24, 2.45) is 5.73 Å². The first-order valence-corrected chi connectivity index (χ1v) is 11.4. The summed E-state index contributed by atoms with van der Waals surface area (Å²) < 4.78 is 9.00. The Hall–Kier alpha value is -2.00. The molecule has 3 N–H and O–H groups in total. The lowest BCUT2D eigenvalue weighted by Crippen LogP contribution is -2.41. The summed E-state index contributed by atoms with van der Waals surface area (Å²) >= 11 is 3.42. The second kappa shape index (κ2) is 10.3. The molecule has 160 valence electrons. The van der Waals surface area contributed by atoms with Gasteiger partial charge in [0.15, 0.2) is 0 Å². The summed E-state index contributed by atoms with van der Waals surface area (Å²) in [5, 5.41) is 3.66. The highest BCUT2D eigenvalue weighted by Crippen LogP contribution is 2.22. The van der Waals surface area contributed by atoms with Gasteiger partial charge in [0.2, 0.25) is 5.95 Å². The molecule has 0 radical (unpaired) electrons. The molecule has 0 unspecified atom stereocenters. The number of hydrogen-bond acceptors (Lipinski definition) is 6. The van der Waals surface area contributed by atoms with Gasteiger partial charge in [-0.1, -0.05) is 18.2 Å². The molecule has 0 aliphatic carbocycles. The number of ether oxygens (including phenoxy) is 1. The number of anilines is 1. The second-order valence-corrected chi connectivity index (χ2v) is 8.45. The van der Waals surface area contributed by atoms with Crippen LogP contribution in [0, 0.1) is 0 Å². The van der Waals surface area contributed by atoms with Gasteiger partial charge in [-0.05, 0) is 53.0 Å². The largest absolute Gasteiger partial charge is 0.360 e. The maximum Gasteiger partial charge on any atom is 0.206 e. The van der Waals surface area contributed by atoms with Crippen molar-refractivity contribution in [2.45, 2.75) is 32.0 Å². The number of fused-ring (bicyclic) bond motifs is 1. The summed E-state index contributed by atoms with van der Waals surface area (Å²) in [7, 11) is 0. The van der Waals surface area contributed by atoms with E-state index in [9.17, 15) is 0 Å². The minimum Gasteiger partial charge on any atom is -0.360 e. The predicted molar refractivity (Wildman–Crippen MR) is 123 cm³/mol. The Morgan fingerprint density at radius 2 is 1.93 bits per heavy atom. The number of para-hydroxylation sites is 2. The SMILES string of the molecule is NCCN1CCC(Nc2nc3ccccc3n2COCCc2cccc(Br)n2)CC1. The fraction of sp³-hybridized carbons (Fsp3) is 0.455. The number of aromatic nitrogens is 3. The van der Waals surface area contributed by atoms with Crippen LogP contribution in [0.3, 0.4) is 0 Å². The highest BCUT2D eigenvalue weighted by Gasteiger charge is 2.21. The Labute approximate surface area is 185 Å². The molecule has 1 aliphatic heterocycles. The zero-order valence-corrected chi connectivity index (χ0v) is 18.7. The van der Waals surface area contributed by atoms with Gasteiger partial charge in [0.25, 0.3) is 0 Å². The molecule has 0 amide bonds. The van der Waals surface area contributed by atoms with Gasteiger partial charge in [-0.2, -0.15) is 0 Å². The molecular formula is C22H29BrN6O. The van der Waals surface area contributed by atoms with Crippen molar-refractivity contribution < 1.29 is 4.74 Å². The summed E-state index contributed by atoms with van der Waals surface area (Å²) in [4.78, 5) is 11.7. The molecule has 0 bridgehead atoms. The standard InChI is InChI=1S/C22H29BrN6O/c23-21-7-3-4-17(25-21)10-15-30-16-29-20-6-2-1-5-19(20)27-22(29)26-18-8-12-28(13-9-18)14-11-24/h1-7,18H,8-16,24H2,(H,26,27). The van der Waals surface area contributed by atoms with E-state index in [0.29, 0.717) is 19.4 Å². The van der Waals surface area contributed by atoms with Crippen LogP contribution in [0.25, 0.3) is 11.0 Å². The molecule has 1 aromatic carbocycles. The summed E-state index contributed by atoms with van der Waals surface area (Å²) in [6.07, 6.45) is 2.96. The summed E-state index contributed by atoms with van der Waals surface area (Å²) in [5.41, 5.74) is 8.78. The maximum absolute atomic E-state index is 6.01. The zero-order chi connectivity index (χ0) is 20.8. The van der Waals surface area contributed by atoms with Crippen molar-refractivity contribution >= 4 is 32.9 Å². The average molecular weight is 473 g/mol. The van der Waals surface area contributed by atoms with E-state index in [1.807, 2.05) is 36.4 Å². The van der Waals surface area contributed by atoms with Crippen LogP contribution in [0.5, 0.6) is 0 Å². The van der Waals surface area contributed by atoms with Crippen molar-refractivity contribution in [3.63, 3.8) is 0 Å². The third-order valence-electron chi connectivity index (χ3n) is 5.52. The van der Waals surface area contributed by atoms with Crippen molar-refractivity contribution in [1.29, 1.82) is 0 Å². The van der Waals surface area contributed by atoms with Gasteiger partial charge in [0.05, 0.1) is 17.6 Å². The molecule has 1 saturated heterocycles. The highest BCUT2D eigenvalue weighted by molar-refractivity contribution is 9.10. The maximum atomic E-state index is 6.01. The quantitative estimate of drug-likeness (QED) is 0.367. The van der Waals surface area contributed by atoms with Gasteiger partial charge < -0.3 is 20.7 Å². The third kappa shape index (κ3) is 5.37. The van der Waals surface area contributed by atoms with E-state index < -0.39 is 0 Å². The Balaban J connectivity index is 1.39. The summed E-state index contributed by atoms with van der Waals surface area (Å²) in [5.74, 6) is 0.883. The van der Waals surface area contributed by atoms with Gasteiger partial charge in [-0.15, -0.1) is 0 Å². The van der Waals surface area contributed by atoms with Gasteiger partial charge in [-0.25, -0.2) is 9.97 Å². The molecule has 2 aromatic heterocycles. The molecular weight excluding hydrogens is 444 g/mol. The van der Waals surface area contributed by atoms with E-state index in [-0.39, 0.29) is 0 Å². The lowest BCUT2D eigenvalue weighted by Gasteiger charge is -2.32. The number of rotatable bonds is 9. The smallest absolute Gasteiger partial charge is 0.206 e. The number of nitrogens with one attached hydrogen (secondary N) is 1. The van der Waals surface area contributed by atoms with Gasteiger partial charge in [0, 0.05) is 44.3 Å². The van der Waals surface area contributed by atoms with Crippen molar-refractivity contribution in [2.75, 3.05) is 38.1 Å². The second-order valence-electron chi connectivity index (χ2n) is 7.64. The molecule has 3 aromatic rings. The van der Waals surface area contributed by atoms with E-state index in [4.69, 9.17) is 15.5 Å². The molecule has 30 heavy (non-hydrogen) atoms. The van der Waals surface area contributed by atoms with Crippen LogP contribution in [0.15, 0.2) is 47.1 Å². The first kappa shape index (κ1) is 21.2. The first-order chi connectivity index (χ1) is 14.7. The fourth-order valence-electron chi connectivity index (χ4n) is 3.90. The number of nitrogens with zero attached hydrogens (tertiary/aromatic N) is 4. The highest BCUT2D eigenvalue weighted by atomic mass is 79.9. The Kier molecular flexibility index (Phi) is 7.33. The summed E-state index contributed by atoms with van der Waals surface area (Å²) in [6.45, 7) is 4.92. The average Bonchev–Trinajstić information content (AvgIpc) is 3.10. The summed E-state index contributed by atoms with van der Waals surface area (Å²) in [6, 6.07) is 14.6. The molecule has 0 spiro atoms. The van der Waals surface area contributed by atoms with Crippen LogP contribution in [-0.2, 0) is 17.9 Å². The van der Waals surface area contributed by atoms with Crippen LogP contribution < -0.4 is 11.1 Å². The lowest BCUT2D eigenvalue weighted by molar-refractivity contribution is 0.0825. The molecule has 8 heteroatoms. The monoisotopic (exact) mass is 472 g/mol. The van der Waals surface area contributed by atoms with Gasteiger partial charge in [-0.3, -0.25) is 4.57 Å². The van der Waals surface area contributed by atoms with Crippen LogP contribution in [0.4, 0.5) is 5.95 Å². The molecule has 0 saturated carbocycles. The number of piperidine rings is 1. The van der Waals surface area contributed by atoms with Crippen molar-refractivity contribution in [3.8, 4) is 0 Å². The topological polar surface area (TPSA) is 81.2 Å². The van der Waals surface area contributed by atoms with Crippen LogP contribution in [-0.4, -0.2) is 58.3 Å². The lowest BCUT2D eigenvalue weighted by atomic mass is 10.1. The van der Waals surface area contributed by atoms with Crippen molar-refractivity contribution in [3.05, 3.63) is 52.8 Å². The van der Waals surface area contributed by atoms with Crippen LogP contribution in [0.1, 0.15) is 18.5 Å². The number of nitrogens with two attached hydrogens (primary N) is 1. The molecule has 7 nitrogen and oxygen atoms in total. The minimum absolute atomic E-state index is 0.417. The van der Waals surface area contributed by atoms with E-state index in [1.54, 1.807) is 0 Å². The predicted octanol–water partition coefficient (Wildman–Crippen LogP) is 3.25. The van der Waals surface area contributed by atoms with E-state index >= 15 is 0 Å². The Morgan fingerprint density at radius 1 is 1.10 bits per heavy atom. The van der Waals surface area contributed by atoms with Crippen LogP contribution >= 0.6 is 15.9 Å². The molecule has 1 aliphatic rings. The first-order valence-electron chi connectivity index (χ1n) is 10.6. The minimum atomic E-state index is 0.417. The molecule has 3 heterocycles. The van der Waals surface area contributed by atoms with Crippen LogP contribution in [0.2, 0.25) is 0 Å². The number of hydrogen-bond donors (Lipinski definition) is 2. The number of halogens is 1. The van der Waals surface area contributed by atoms with E-state index in [1.165, 1.54) is 0 Å². The molecule has 0 atom stereocenters. The van der Waals surface area contributed by atoms with E-state index in [0.717, 1.165) is 72.7 Å². The van der Waals surface area contributed by atoms with E-state index in [2.05, 4.69) is 41.8 Å². The molecule has 4 rings (SSSR count). The molecule has 1 fully saturated rings. The normalized spacial score (nSPS) is 15.7. The van der Waals surface area contributed by atoms with Crippen molar-refractivity contribution in [1.82, 2.24) is 19.4 Å². The third-order valence-corrected chi connectivity index (χ3v) is 5.96. The Bertz CT molecular complexity index is 954. The number of benzene rings is 1. The number of pyridine rings is 1. The number of imidazole rings is 1. The number of likely N-dealkylation sites (tertiary alicyclic amines) is 1.